The summed E-state index contributed by atoms with van der Waals surface area (Å²) in [7, 11) is 2.64. The molecule has 0 amide bonds. The average molecular weight is 349 g/mol. The minimum atomic E-state index is 0.227. The molecule has 2 aromatic rings. The summed E-state index contributed by atoms with van der Waals surface area (Å²) in [6.45, 7) is 4.82. The fourth-order valence-corrected chi connectivity index (χ4v) is 3.73. The molecule has 6 heteroatoms. The highest BCUT2D eigenvalue weighted by molar-refractivity contribution is 6.64. The van der Waals surface area contributed by atoms with Crippen molar-refractivity contribution in [1.29, 1.82) is 0 Å². The van der Waals surface area contributed by atoms with Gasteiger partial charge in [0.2, 0.25) is 0 Å². The zero-order valence-electron chi connectivity index (χ0n) is 15.2. The highest BCUT2D eigenvalue weighted by Gasteiger charge is 2.23. The molecule has 1 aromatic carbocycles. The van der Waals surface area contributed by atoms with Crippen LogP contribution in [0.15, 0.2) is 36.3 Å². The van der Waals surface area contributed by atoms with Gasteiger partial charge in [0.25, 0.3) is 0 Å². The van der Waals surface area contributed by atoms with E-state index in [0.29, 0.717) is 0 Å². The fourth-order valence-electron chi connectivity index (χ4n) is 3.73. The van der Waals surface area contributed by atoms with Gasteiger partial charge in [0, 0.05) is 38.3 Å². The number of rotatable bonds is 5. The van der Waals surface area contributed by atoms with Gasteiger partial charge in [-0.3, -0.25) is 4.90 Å². The van der Waals surface area contributed by atoms with E-state index in [1.807, 2.05) is 12.1 Å². The highest BCUT2D eigenvalue weighted by atomic mass is 16.5. The molecule has 1 aromatic heterocycles. The molecule has 0 spiro atoms. The highest BCUT2D eigenvalue weighted by Crippen LogP contribution is 2.26. The number of ether oxygens (including phenoxy) is 1. The molecule has 1 fully saturated rings. The molecule has 0 bridgehead atoms. The molecule has 1 N–H and O–H groups in total. The molecule has 5 nitrogen and oxygen atoms in total. The van der Waals surface area contributed by atoms with Crippen LogP contribution in [0.25, 0.3) is 17.3 Å². The van der Waals surface area contributed by atoms with Gasteiger partial charge in [-0.2, -0.15) is 0 Å². The maximum Gasteiger partial charge on any atom is 0.188 e. The molecule has 4 rings (SSSR count). The normalized spacial score (nSPS) is 16.5. The third-order valence-corrected chi connectivity index (χ3v) is 5.23. The van der Waals surface area contributed by atoms with Gasteiger partial charge in [-0.25, -0.2) is 4.98 Å². The van der Waals surface area contributed by atoms with Crippen LogP contribution in [0.2, 0.25) is 0 Å². The Morgan fingerprint density at radius 1 is 1.15 bits per heavy atom. The van der Waals surface area contributed by atoms with E-state index in [1.54, 1.807) is 7.11 Å². The summed E-state index contributed by atoms with van der Waals surface area (Å²) >= 11 is 0. The van der Waals surface area contributed by atoms with Crippen molar-refractivity contribution in [2.45, 2.75) is 0 Å². The molecular formula is C20H24BN3O2. The molecule has 0 atom stereocenters. The van der Waals surface area contributed by atoms with E-state index < -0.39 is 0 Å². The third-order valence-electron chi connectivity index (χ3n) is 5.23. The number of aromatic nitrogens is 1. The van der Waals surface area contributed by atoms with Crippen LogP contribution in [-0.4, -0.2) is 68.7 Å². The average Bonchev–Trinajstić information content (AvgIpc) is 3.17. The second-order valence-corrected chi connectivity index (χ2v) is 6.79. The molecular weight excluding hydrogens is 325 g/mol. The van der Waals surface area contributed by atoms with Crippen molar-refractivity contribution in [2.24, 2.45) is 0 Å². The topological polar surface area (TPSA) is 48.8 Å². The molecule has 0 radical (unpaired) electrons. The number of β-amino-alcohol motifs (C(OH)–C–C–N with tert-alkyl or cyclic N) is 1. The van der Waals surface area contributed by atoms with Crippen molar-refractivity contribution in [3.05, 3.63) is 41.9 Å². The van der Waals surface area contributed by atoms with Crippen LogP contribution in [0.1, 0.15) is 5.56 Å². The first-order chi connectivity index (χ1) is 12.8. The Labute approximate surface area is 155 Å². The van der Waals surface area contributed by atoms with Crippen molar-refractivity contribution in [3.8, 4) is 17.0 Å². The Balaban J connectivity index is 1.64. The molecule has 134 valence electrons. The first-order valence-corrected chi connectivity index (χ1v) is 9.21. The summed E-state index contributed by atoms with van der Waals surface area (Å²) in [5, 5.41) is 9.14. The quantitative estimate of drug-likeness (QED) is 0.814. The number of pyridine rings is 1. The number of aliphatic hydroxyl groups is 1. The van der Waals surface area contributed by atoms with E-state index >= 15 is 0 Å². The third kappa shape index (κ3) is 3.35. The predicted octanol–water partition coefficient (Wildman–Crippen LogP) is 0.918. The summed E-state index contributed by atoms with van der Waals surface area (Å²) in [4.78, 5) is 9.75. The summed E-state index contributed by atoms with van der Waals surface area (Å²) in [6, 6.07) is 10.3. The Hall–Kier alpha value is -2.31. The number of fused-ring (bicyclic) bond motifs is 1. The summed E-state index contributed by atoms with van der Waals surface area (Å²) < 4.78 is 5.27. The molecule has 2 aliphatic heterocycles. The van der Waals surface area contributed by atoms with Crippen LogP contribution in [0.4, 0.5) is 5.82 Å². The maximum absolute atomic E-state index is 9.14. The van der Waals surface area contributed by atoms with Crippen LogP contribution in [0.5, 0.6) is 5.75 Å². The number of aliphatic hydroxyl groups excluding tert-OH is 1. The van der Waals surface area contributed by atoms with E-state index in [0.717, 1.165) is 62.8 Å². The van der Waals surface area contributed by atoms with Gasteiger partial charge in [-0.1, -0.05) is 6.08 Å². The number of hydrogen-bond donors (Lipinski definition) is 1. The van der Waals surface area contributed by atoms with Crippen molar-refractivity contribution in [1.82, 2.24) is 9.88 Å². The lowest BCUT2D eigenvalue weighted by Crippen LogP contribution is -2.49. The SMILES string of the molecule is COc1ccc(-c2cc3c(c(N4CCN(CCO)CC4)n2)BC=C3)cc1. The van der Waals surface area contributed by atoms with Crippen LogP contribution < -0.4 is 15.1 Å². The summed E-state index contributed by atoms with van der Waals surface area (Å²) in [5.74, 6) is 4.19. The van der Waals surface area contributed by atoms with Gasteiger partial charge in [-0.05, 0) is 41.4 Å². The van der Waals surface area contributed by atoms with E-state index in [2.05, 4.69) is 40.1 Å². The number of anilines is 1. The Bertz CT molecular complexity index is 799. The van der Waals surface area contributed by atoms with Crippen LogP contribution in [0.3, 0.4) is 0 Å². The maximum atomic E-state index is 9.14. The second kappa shape index (κ2) is 7.52. The lowest BCUT2D eigenvalue weighted by atomic mass is 9.73. The first kappa shape index (κ1) is 17.1. The van der Waals surface area contributed by atoms with E-state index in [4.69, 9.17) is 14.8 Å². The van der Waals surface area contributed by atoms with Crippen LogP contribution in [0, 0.1) is 0 Å². The zero-order chi connectivity index (χ0) is 17.9. The first-order valence-electron chi connectivity index (χ1n) is 9.21. The number of hydrogen-bond acceptors (Lipinski definition) is 5. The Morgan fingerprint density at radius 2 is 1.92 bits per heavy atom. The standard InChI is InChI=1S/C20H24BN3O2/c1-26-17-4-2-15(3-5-17)18-14-16-6-7-21-19(16)20(22-18)24-10-8-23(9-11-24)12-13-25/h2-7,14,21,25H,8-13H2,1H3. The molecule has 1 saturated heterocycles. The minimum absolute atomic E-state index is 0.227. The summed E-state index contributed by atoms with van der Waals surface area (Å²) in [6.07, 6.45) is 2.20. The van der Waals surface area contributed by atoms with Gasteiger partial charge >= 0.3 is 0 Å². The van der Waals surface area contributed by atoms with Crippen LogP contribution in [-0.2, 0) is 0 Å². The minimum Gasteiger partial charge on any atom is -0.497 e. The largest absolute Gasteiger partial charge is 0.497 e. The van der Waals surface area contributed by atoms with Gasteiger partial charge in [0.05, 0.1) is 19.4 Å². The van der Waals surface area contributed by atoms with E-state index in [-0.39, 0.29) is 6.61 Å². The predicted molar refractivity (Wildman–Crippen MR) is 108 cm³/mol. The lowest BCUT2D eigenvalue weighted by Gasteiger charge is -2.36. The molecule has 3 heterocycles. The van der Waals surface area contributed by atoms with E-state index in [9.17, 15) is 0 Å². The fraction of sp³-hybridized carbons (Fsp3) is 0.350. The van der Waals surface area contributed by atoms with Crippen molar-refractivity contribution in [3.63, 3.8) is 0 Å². The molecule has 0 aliphatic carbocycles. The number of piperazine rings is 1. The van der Waals surface area contributed by atoms with Gasteiger partial charge in [-0.15, -0.1) is 5.98 Å². The summed E-state index contributed by atoms with van der Waals surface area (Å²) in [5.41, 5.74) is 4.72. The van der Waals surface area contributed by atoms with Crippen LogP contribution >= 0.6 is 0 Å². The lowest BCUT2D eigenvalue weighted by molar-refractivity contribution is 0.188. The monoisotopic (exact) mass is 349 g/mol. The van der Waals surface area contributed by atoms with Crippen molar-refractivity contribution in [2.75, 3.05) is 51.3 Å². The molecule has 26 heavy (non-hydrogen) atoms. The van der Waals surface area contributed by atoms with Crippen molar-refractivity contribution >= 4 is 24.6 Å². The van der Waals surface area contributed by atoms with Gasteiger partial charge in [0.15, 0.2) is 7.28 Å². The van der Waals surface area contributed by atoms with Gasteiger partial charge < -0.3 is 14.7 Å². The smallest absolute Gasteiger partial charge is 0.188 e. The number of benzene rings is 1. The van der Waals surface area contributed by atoms with Gasteiger partial charge in [0.1, 0.15) is 11.6 Å². The second-order valence-electron chi connectivity index (χ2n) is 6.79. The Kier molecular flexibility index (Phi) is 4.95. The Morgan fingerprint density at radius 3 is 2.62 bits per heavy atom. The molecule has 0 unspecified atom stereocenters. The molecule has 0 saturated carbocycles. The van der Waals surface area contributed by atoms with E-state index in [1.165, 1.54) is 11.0 Å². The number of methoxy groups -OCH3 is 1. The molecule has 2 aliphatic rings. The number of nitrogens with zero attached hydrogens (tertiary/aromatic N) is 3. The zero-order valence-corrected chi connectivity index (χ0v) is 15.2. The van der Waals surface area contributed by atoms with Crippen molar-refractivity contribution < 1.29 is 9.84 Å².